The molecule has 1 heterocycles. The van der Waals surface area contributed by atoms with Crippen molar-refractivity contribution in [2.75, 3.05) is 41.6 Å². The molecule has 33 heavy (non-hydrogen) atoms. The summed E-state index contributed by atoms with van der Waals surface area (Å²) >= 11 is 0. The number of hydrogen-bond donors (Lipinski definition) is 2. The second-order valence-corrected chi connectivity index (χ2v) is 12.7. The third-order valence-electron chi connectivity index (χ3n) is 6.46. The van der Waals surface area contributed by atoms with Gasteiger partial charge in [-0.05, 0) is 74.2 Å². The minimum absolute atomic E-state index is 0.128. The Balaban J connectivity index is 1.33. The Hall–Kier alpha value is -2.43. The van der Waals surface area contributed by atoms with Crippen molar-refractivity contribution in [2.24, 2.45) is 5.41 Å². The van der Waals surface area contributed by atoms with E-state index in [4.69, 9.17) is 0 Å². The van der Waals surface area contributed by atoms with Gasteiger partial charge in [0.25, 0.3) is 0 Å². The van der Waals surface area contributed by atoms with Crippen LogP contribution in [0.15, 0.2) is 42.5 Å². The molecule has 2 aromatic carbocycles. The van der Waals surface area contributed by atoms with E-state index in [0.717, 1.165) is 62.5 Å². The molecule has 1 fully saturated rings. The Morgan fingerprint density at radius 2 is 1.45 bits per heavy atom. The van der Waals surface area contributed by atoms with Gasteiger partial charge in [0, 0.05) is 28.9 Å². The summed E-state index contributed by atoms with van der Waals surface area (Å²) < 4.78 is 50.6. The fourth-order valence-electron chi connectivity index (χ4n) is 4.80. The minimum Gasteiger partial charge on any atom is -0.303 e. The maximum absolute atomic E-state index is 13.3. The number of Topliss-reactive ketones (excluding diaryl/α,β-unsaturated/α-hetero) is 1. The standard InChI is InChI=1S/C23H29N3O5S2/c1-32(28,29)24-19-6-3-17(4-7-19)9-12-26-13-10-23(11-14-26)16-18-5-8-20(25-33(2,30)31)15-21(18)22(23)27/h3-8,15,24-25H,9-14,16H2,1-2H3. The van der Waals surface area contributed by atoms with Crippen LogP contribution >= 0.6 is 0 Å². The zero-order valence-corrected chi connectivity index (χ0v) is 20.4. The van der Waals surface area contributed by atoms with Crippen LogP contribution < -0.4 is 9.44 Å². The monoisotopic (exact) mass is 491 g/mol. The van der Waals surface area contributed by atoms with E-state index in [2.05, 4.69) is 14.3 Å². The molecule has 2 aliphatic rings. The van der Waals surface area contributed by atoms with Gasteiger partial charge in [0.05, 0.1) is 12.5 Å². The second-order valence-electron chi connectivity index (χ2n) is 9.20. The number of fused-ring (bicyclic) bond motifs is 1. The van der Waals surface area contributed by atoms with Crippen molar-refractivity contribution >= 4 is 37.2 Å². The van der Waals surface area contributed by atoms with Crippen LogP contribution in [0.2, 0.25) is 0 Å². The topological polar surface area (TPSA) is 113 Å². The van der Waals surface area contributed by atoms with Crippen LogP contribution in [-0.2, 0) is 32.9 Å². The highest BCUT2D eigenvalue weighted by atomic mass is 32.2. The SMILES string of the molecule is CS(=O)(=O)Nc1ccc(CCN2CCC3(CC2)Cc2ccc(NS(C)(=O)=O)cc2C3=O)cc1. The average Bonchev–Trinajstić information content (AvgIpc) is 2.98. The number of sulfonamides is 2. The van der Waals surface area contributed by atoms with Crippen molar-refractivity contribution in [1.29, 1.82) is 0 Å². The van der Waals surface area contributed by atoms with E-state index in [0.29, 0.717) is 23.4 Å². The molecule has 0 bridgehead atoms. The Morgan fingerprint density at radius 3 is 2.06 bits per heavy atom. The molecule has 0 atom stereocenters. The van der Waals surface area contributed by atoms with Crippen molar-refractivity contribution in [1.82, 2.24) is 4.90 Å². The molecule has 1 aliphatic carbocycles. The predicted molar refractivity (Wildman–Crippen MR) is 130 cm³/mol. The highest BCUT2D eigenvalue weighted by Gasteiger charge is 2.46. The number of hydrogen-bond acceptors (Lipinski definition) is 6. The van der Waals surface area contributed by atoms with E-state index >= 15 is 0 Å². The van der Waals surface area contributed by atoms with Gasteiger partial charge in [0.2, 0.25) is 20.0 Å². The lowest BCUT2D eigenvalue weighted by molar-refractivity contribution is 0.0637. The maximum atomic E-state index is 13.3. The Morgan fingerprint density at radius 1 is 0.879 bits per heavy atom. The first-order valence-electron chi connectivity index (χ1n) is 10.9. The van der Waals surface area contributed by atoms with E-state index in [1.54, 1.807) is 24.3 Å². The maximum Gasteiger partial charge on any atom is 0.229 e. The summed E-state index contributed by atoms with van der Waals surface area (Å²) in [4.78, 5) is 15.6. The van der Waals surface area contributed by atoms with Crippen molar-refractivity contribution in [3.05, 3.63) is 59.2 Å². The molecule has 10 heteroatoms. The lowest BCUT2D eigenvalue weighted by Crippen LogP contribution is -2.43. The van der Waals surface area contributed by atoms with Crippen LogP contribution in [0.3, 0.4) is 0 Å². The van der Waals surface area contributed by atoms with Gasteiger partial charge in [-0.3, -0.25) is 14.2 Å². The van der Waals surface area contributed by atoms with Crippen LogP contribution in [0.25, 0.3) is 0 Å². The van der Waals surface area contributed by atoms with Gasteiger partial charge < -0.3 is 4.90 Å². The summed E-state index contributed by atoms with van der Waals surface area (Å²) in [6, 6.07) is 12.6. The summed E-state index contributed by atoms with van der Waals surface area (Å²) in [5.74, 6) is 0.128. The van der Waals surface area contributed by atoms with E-state index < -0.39 is 20.0 Å². The predicted octanol–water partition coefficient (Wildman–Crippen LogP) is 2.49. The molecule has 1 aliphatic heterocycles. The Bertz CT molecular complexity index is 1260. The lowest BCUT2D eigenvalue weighted by Gasteiger charge is -2.38. The molecule has 2 aromatic rings. The molecule has 0 amide bonds. The van der Waals surface area contributed by atoms with Gasteiger partial charge in [-0.1, -0.05) is 18.2 Å². The third kappa shape index (κ3) is 5.74. The zero-order chi connectivity index (χ0) is 23.9. The van der Waals surface area contributed by atoms with Gasteiger partial charge in [-0.15, -0.1) is 0 Å². The first-order valence-corrected chi connectivity index (χ1v) is 14.7. The first-order chi connectivity index (χ1) is 15.4. The molecular weight excluding hydrogens is 462 g/mol. The number of carbonyl (C=O) groups is 1. The fourth-order valence-corrected chi connectivity index (χ4v) is 5.92. The second kappa shape index (κ2) is 8.73. The van der Waals surface area contributed by atoms with Crippen LogP contribution in [-0.4, -0.2) is 59.7 Å². The highest BCUT2D eigenvalue weighted by molar-refractivity contribution is 7.92. The van der Waals surface area contributed by atoms with Crippen molar-refractivity contribution in [3.63, 3.8) is 0 Å². The quantitative estimate of drug-likeness (QED) is 0.615. The molecule has 178 valence electrons. The first kappa shape index (κ1) is 23.7. The molecule has 2 N–H and O–H groups in total. The van der Waals surface area contributed by atoms with E-state index in [1.165, 1.54) is 0 Å². The Labute approximate surface area is 195 Å². The van der Waals surface area contributed by atoms with Gasteiger partial charge in [0.1, 0.15) is 0 Å². The number of benzene rings is 2. The number of anilines is 2. The van der Waals surface area contributed by atoms with Crippen molar-refractivity contribution in [2.45, 2.75) is 25.7 Å². The average molecular weight is 492 g/mol. The number of likely N-dealkylation sites (tertiary alicyclic amines) is 1. The minimum atomic E-state index is -3.39. The summed E-state index contributed by atoms with van der Waals surface area (Å²) in [5, 5.41) is 0. The normalized spacial score (nSPS) is 18.3. The highest BCUT2D eigenvalue weighted by Crippen LogP contribution is 2.45. The summed E-state index contributed by atoms with van der Waals surface area (Å²) in [6.45, 7) is 2.54. The molecule has 0 aromatic heterocycles. The molecule has 1 spiro atoms. The van der Waals surface area contributed by atoms with Gasteiger partial charge >= 0.3 is 0 Å². The van der Waals surface area contributed by atoms with Gasteiger partial charge in [-0.25, -0.2) is 16.8 Å². The lowest BCUT2D eigenvalue weighted by atomic mass is 9.75. The number of rotatable bonds is 7. The number of nitrogens with one attached hydrogen (secondary N) is 2. The largest absolute Gasteiger partial charge is 0.303 e. The summed E-state index contributed by atoms with van der Waals surface area (Å²) in [5.41, 5.74) is 3.36. The zero-order valence-electron chi connectivity index (χ0n) is 18.8. The van der Waals surface area contributed by atoms with Crippen LogP contribution in [0.5, 0.6) is 0 Å². The third-order valence-corrected chi connectivity index (χ3v) is 7.67. The number of ketones is 1. The molecule has 8 nitrogen and oxygen atoms in total. The number of nitrogens with zero attached hydrogens (tertiary/aromatic N) is 1. The molecule has 4 rings (SSSR count). The fraction of sp³-hybridized carbons (Fsp3) is 0.435. The van der Waals surface area contributed by atoms with E-state index in [-0.39, 0.29) is 11.2 Å². The summed E-state index contributed by atoms with van der Waals surface area (Å²) in [7, 11) is -6.67. The van der Waals surface area contributed by atoms with Crippen LogP contribution in [0, 0.1) is 5.41 Å². The van der Waals surface area contributed by atoms with E-state index in [9.17, 15) is 21.6 Å². The molecular formula is C23H29N3O5S2. The molecule has 0 saturated carbocycles. The Kier molecular flexibility index (Phi) is 6.28. The molecule has 1 saturated heterocycles. The van der Waals surface area contributed by atoms with Crippen LogP contribution in [0.1, 0.15) is 34.3 Å². The van der Waals surface area contributed by atoms with Crippen molar-refractivity contribution < 1.29 is 21.6 Å². The van der Waals surface area contributed by atoms with Gasteiger partial charge in [0.15, 0.2) is 5.78 Å². The molecule has 0 unspecified atom stereocenters. The number of piperidine rings is 1. The smallest absolute Gasteiger partial charge is 0.229 e. The summed E-state index contributed by atoms with van der Waals surface area (Å²) in [6.07, 6.45) is 5.35. The van der Waals surface area contributed by atoms with Crippen molar-refractivity contribution in [3.8, 4) is 0 Å². The van der Waals surface area contributed by atoms with Gasteiger partial charge in [-0.2, -0.15) is 0 Å². The number of carbonyl (C=O) groups excluding carboxylic acids is 1. The van der Waals surface area contributed by atoms with E-state index in [1.807, 2.05) is 18.2 Å². The van der Waals surface area contributed by atoms with Crippen LogP contribution in [0.4, 0.5) is 11.4 Å². The molecule has 0 radical (unpaired) electrons.